The first-order valence-corrected chi connectivity index (χ1v) is 6.46. The van der Waals surface area contributed by atoms with Crippen molar-refractivity contribution in [3.63, 3.8) is 0 Å². The fraction of sp³-hybridized carbons (Fsp3) is 0.154. The number of carbonyl (C=O) groups is 1. The molecule has 5 heteroatoms. The highest BCUT2D eigenvalue weighted by Crippen LogP contribution is 2.26. The zero-order valence-electron chi connectivity index (χ0n) is 9.97. The summed E-state index contributed by atoms with van der Waals surface area (Å²) in [6.07, 6.45) is 0. The van der Waals surface area contributed by atoms with Gasteiger partial charge in [-0.15, -0.1) is 11.3 Å². The summed E-state index contributed by atoms with van der Waals surface area (Å²) in [7, 11) is 0. The van der Waals surface area contributed by atoms with Gasteiger partial charge in [-0.25, -0.2) is 0 Å². The number of para-hydroxylation sites is 2. The van der Waals surface area contributed by atoms with Gasteiger partial charge in [-0.3, -0.25) is 4.79 Å². The van der Waals surface area contributed by atoms with E-state index in [-0.39, 0.29) is 5.91 Å². The zero-order chi connectivity index (χ0) is 13.0. The van der Waals surface area contributed by atoms with E-state index in [1.165, 1.54) is 11.3 Å². The van der Waals surface area contributed by atoms with Gasteiger partial charge in [0.15, 0.2) is 0 Å². The van der Waals surface area contributed by atoms with Gasteiger partial charge in [-0.1, -0.05) is 12.1 Å². The highest BCUT2D eigenvalue weighted by atomic mass is 32.1. The molecule has 2 rings (SSSR count). The lowest BCUT2D eigenvalue weighted by molar-refractivity contribution is 0.103. The second-order valence-electron chi connectivity index (χ2n) is 3.59. The van der Waals surface area contributed by atoms with Crippen molar-refractivity contribution >= 4 is 28.6 Å². The first-order valence-electron chi connectivity index (χ1n) is 5.58. The normalized spacial score (nSPS) is 10.1. The molecule has 3 N–H and O–H groups in total. The van der Waals surface area contributed by atoms with Gasteiger partial charge < -0.3 is 15.8 Å². The SMILES string of the molecule is CCOc1ccccc1NC(=O)c1sccc1N. The van der Waals surface area contributed by atoms with Crippen molar-refractivity contribution in [3.05, 3.63) is 40.6 Å². The van der Waals surface area contributed by atoms with E-state index in [0.29, 0.717) is 28.6 Å². The predicted octanol–water partition coefficient (Wildman–Crippen LogP) is 2.98. The van der Waals surface area contributed by atoms with Crippen molar-refractivity contribution in [1.82, 2.24) is 0 Å². The number of rotatable bonds is 4. The summed E-state index contributed by atoms with van der Waals surface area (Å²) in [6, 6.07) is 9.04. The van der Waals surface area contributed by atoms with Gasteiger partial charge >= 0.3 is 0 Å². The van der Waals surface area contributed by atoms with Crippen molar-refractivity contribution in [3.8, 4) is 5.75 Å². The highest BCUT2D eigenvalue weighted by molar-refractivity contribution is 7.12. The van der Waals surface area contributed by atoms with E-state index in [1.807, 2.05) is 25.1 Å². The number of nitrogen functional groups attached to an aromatic ring is 1. The molecule has 2 aromatic rings. The van der Waals surface area contributed by atoms with E-state index < -0.39 is 0 Å². The van der Waals surface area contributed by atoms with Crippen LogP contribution in [-0.2, 0) is 0 Å². The van der Waals surface area contributed by atoms with Gasteiger partial charge in [-0.05, 0) is 30.5 Å². The quantitative estimate of drug-likeness (QED) is 0.890. The van der Waals surface area contributed by atoms with Gasteiger partial charge in [0.1, 0.15) is 10.6 Å². The summed E-state index contributed by atoms with van der Waals surface area (Å²) in [6.45, 7) is 2.45. The lowest BCUT2D eigenvalue weighted by Gasteiger charge is -2.10. The molecule has 0 atom stereocenters. The van der Waals surface area contributed by atoms with Crippen LogP contribution in [0.15, 0.2) is 35.7 Å². The Labute approximate surface area is 109 Å². The van der Waals surface area contributed by atoms with E-state index in [4.69, 9.17) is 10.5 Å². The molecule has 0 fully saturated rings. The molecule has 1 amide bonds. The molecule has 0 aliphatic rings. The van der Waals surface area contributed by atoms with Crippen LogP contribution in [-0.4, -0.2) is 12.5 Å². The third-order valence-electron chi connectivity index (χ3n) is 2.34. The molecule has 0 radical (unpaired) electrons. The maximum atomic E-state index is 12.0. The maximum absolute atomic E-state index is 12.0. The van der Waals surface area contributed by atoms with E-state index in [0.717, 1.165) is 0 Å². The van der Waals surface area contributed by atoms with E-state index in [9.17, 15) is 4.79 Å². The summed E-state index contributed by atoms with van der Waals surface area (Å²) < 4.78 is 5.44. The molecule has 0 bridgehead atoms. The lowest BCUT2D eigenvalue weighted by atomic mass is 10.3. The Balaban J connectivity index is 2.19. The third kappa shape index (κ3) is 2.62. The van der Waals surface area contributed by atoms with Crippen LogP contribution in [0.5, 0.6) is 5.75 Å². The number of ether oxygens (including phenoxy) is 1. The second kappa shape index (κ2) is 5.55. The Morgan fingerprint density at radius 2 is 2.17 bits per heavy atom. The van der Waals surface area contributed by atoms with Gasteiger partial charge in [0.05, 0.1) is 18.0 Å². The fourth-order valence-corrected chi connectivity index (χ4v) is 2.25. The van der Waals surface area contributed by atoms with Crippen LogP contribution < -0.4 is 15.8 Å². The number of nitrogens with one attached hydrogen (secondary N) is 1. The summed E-state index contributed by atoms with van der Waals surface area (Å²) in [5.74, 6) is 0.443. The van der Waals surface area contributed by atoms with Crippen LogP contribution in [0.3, 0.4) is 0 Å². The average molecular weight is 262 g/mol. The summed E-state index contributed by atoms with van der Waals surface area (Å²) in [4.78, 5) is 12.5. The van der Waals surface area contributed by atoms with Crippen LogP contribution in [0.25, 0.3) is 0 Å². The number of carbonyl (C=O) groups excluding carboxylic acids is 1. The Morgan fingerprint density at radius 3 is 2.83 bits per heavy atom. The molecule has 0 saturated heterocycles. The third-order valence-corrected chi connectivity index (χ3v) is 3.27. The average Bonchev–Trinajstić information content (AvgIpc) is 2.78. The number of benzene rings is 1. The molecule has 1 aromatic carbocycles. The van der Waals surface area contributed by atoms with Crippen molar-refractivity contribution in [1.29, 1.82) is 0 Å². The zero-order valence-corrected chi connectivity index (χ0v) is 10.8. The molecule has 4 nitrogen and oxygen atoms in total. The van der Waals surface area contributed by atoms with Crippen LogP contribution in [0.4, 0.5) is 11.4 Å². The molecule has 18 heavy (non-hydrogen) atoms. The van der Waals surface area contributed by atoms with Crippen molar-refractivity contribution in [2.45, 2.75) is 6.92 Å². The molecule has 0 spiro atoms. The Kier molecular flexibility index (Phi) is 3.84. The predicted molar refractivity (Wildman–Crippen MR) is 74.3 cm³/mol. The van der Waals surface area contributed by atoms with Gasteiger partial charge in [0.25, 0.3) is 5.91 Å². The van der Waals surface area contributed by atoms with E-state index in [1.54, 1.807) is 17.5 Å². The molecular weight excluding hydrogens is 248 g/mol. The van der Waals surface area contributed by atoms with Crippen LogP contribution in [0, 0.1) is 0 Å². The second-order valence-corrected chi connectivity index (χ2v) is 4.50. The Morgan fingerprint density at radius 1 is 1.39 bits per heavy atom. The molecular formula is C13H14N2O2S. The molecule has 94 valence electrons. The maximum Gasteiger partial charge on any atom is 0.267 e. The number of amides is 1. The molecule has 0 aliphatic carbocycles. The van der Waals surface area contributed by atoms with Gasteiger partial charge in [-0.2, -0.15) is 0 Å². The van der Waals surface area contributed by atoms with Gasteiger partial charge in [0.2, 0.25) is 0 Å². The number of thiophene rings is 1. The van der Waals surface area contributed by atoms with Gasteiger partial charge in [0, 0.05) is 0 Å². The van der Waals surface area contributed by atoms with E-state index in [2.05, 4.69) is 5.32 Å². The molecule has 1 aromatic heterocycles. The monoisotopic (exact) mass is 262 g/mol. The minimum atomic E-state index is -0.213. The minimum absolute atomic E-state index is 0.213. The topological polar surface area (TPSA) is 64.3 Å². The number of hydrogen-bond acceptors (Lipinski definition) is 4. The fourth-order valence-electron chi connectivity index (χ4n) is 1.53. The summed E-state index contributed by atoms with van der Waals surface area (Å²) >= 11 is 1.32. The molecule has 0 aliphatic heterocycles. The van der Waals surface area contributed by atoms with Crippen molar-refractivity contribution in [2.24, 2.45) is 0 Å². The standard InChI is InChI=1S/C13H14N2O2S/c1-2-17-11-6-4-3-5-10(11)15-13(16)12-9(14)7-8-18-12/h3-8H,2,14H2,1H3,(H,15,16). The minimum Gasteiger partial charge on any atom is -0.492 e. The number of anilines is 2. The smallest absolute Gasteiger partial charge is 0.267 e. The highest BCUT2D eigenvalue weighted by Gasteiger charge is 2.13. The lowest BCUT2D eigenvalue weighted by Crippen LogP contribution is -2.12. The Hall–Kier alpha value is -2.01. The van der Waals surface area contributed by atoms with Crippen LogP contribution >= 0.6 is 11.3 Å². The van der Waals surface area contributed by atoms with Crippen molar-refractivity contribution < 1.29 is 9.53 Å². The van der Waals surface area contributed by atoms with Crippen LogP contribution in [0.2, 0.25) is 0 Å². The molecule has 0 unspecified atom stereocenters. The first kappa shape index (κ1) is 12.4. The Bertz CT molecular complexity index is 551. The molecule has 0 saturated carbocycles. The summed E-state index contributed by atoms with van der Waals surface area (Å²) in [5.41, 5.74) is 6.85. The largest absolute Gasteiger partial charge is 0.492 e. The van der Waals surface area contributed by atoms with Crippen molar-refractivity contribution in [2.75, 3.05) is 17.7 Å². The number of hydrogen-bond donors (Lipinski definition) is 2. The number of nitrogens with two attached hydrogens (primary N) is 1. The van der Waals surface area contributed by atoms with Crippen LogP contribution in [0.1, 0.15) is 16.6 Å². The van der Waals surface area contributed by atoms with E-state index >= 15 is 0 Å². The molecule has 1 heterocycles. The summed E-state index contributed by atoms with van der Waals surface area (Å²) in [5, 5.41) is 4.60. The first-order chi connectivity index (χ1) is 8.72.